The second-order valence-corrected chi connectivity index (χ2v) is 13.5. The molecule has 232 valence electrons. The van der Waals surface area contributed by atoms with Crippen LogP contribution in [-0.4, -0.2) is 49.9 Å². The van der Waals surface area contributed by atoms with Gasteiger partial charge in [-0.25, -0.2) is 12.8 Å². The Morgan fingerprint density at radius 2 is 1.53 bits per heavy atom. The summed E-state index contributed by atoms with van der Waals surface area (Å²) in [5.74, 6) is -1.21. The van der Waals surface area contributed by atoms with Crippen LogP contribution in [0.25, 0.3) is 0 Å². The van der Waals surface area contributed by atoms with Gasteiger partial charge in [0.05, 0.1) is 17.2 Å². The summed E-state index contributed by atoms with van der Waals surface area (Å²) in [6, 6.07) is 14.4. The molecule has 0 radical (unpaired) electrons. The molecule has 0 saturated carbocycles. The molecule has 0 aliphatic rings. The highest BCUT2D eigenvalue weighted by Crippen LogP contribution is 2.29. The molecule has 8 nitrogen and oxygen atoms in total. The summed E-state index contributed by atoms with van der Waals surface area (Å²) in [6.45, 7) is 8.54. The molecule has 1 N–H and O–H groups in total. The summed E-state index contributed by atoms with van der Waals surface area (Å²) < 4.78 is 48.1. The Bertz CT molecular complexity index is 1510. The van der Waals surface area contributed by atoms with E-state index in [0.29, 0.717) is 17.9 Å². The average molecular weight is 653 g/mol. The molecule has 0 aliphatic heterocycles. The number of amides is 2. The molecule has 0 saturated heterocycles. The van der Waals surface area contributed by atoms with Crippen molar-refractivity contribution in [2.45, 2.75) is 64.1 Å². The highest BCUT2D eigenvalue weighted by molar-refractivity contribution is 7.92. The van der Waals surface area contributed by atoms with Gasteiger partial charge >= 0.3 is 0 Å². The molecule has 0 fully saturated rings. The molecule has 0 unspecified atom stereocenters. The molecule has 2 amide bonds. The minimum absolute atomic E-state index is 0.0616. The van der Waals surface area contributed by atoms with E-state index in [0.717, 1.165) is 16.4 Å². The molecule has 0 spiro atoms. The van der Waals surface area contributed by atoms with Crippen molar-refractivity contribution in [2.24, 2.45) is 0 Å². The monoisotopic (exact) mass is 651 g/mol. The zero-order valence-electron chi connectivity index (χ0n) is 24.7. The first kappa shape index (κ1) is 34.2. The molecule has 0 heterocycles. The number of hydrogen-bond acceptors (Lipinski definition) is 5. The van der Waals surface area contributed by atoms with Crippen molar-refractivity contribution in [2.75, 3.05) is 17.5 Å². The second kappa shape index (κ2) is 14.4. The van der Waals surface area contributed by atoms with Crippen molar-refractivity contribution in [1.29, 1.82) is 0 Å². The maximum atomic E-state index is 14.2. The van der Waals surface area contributed by atoms with E-state index in [4.69, 9.17) is 27.9 Å². The van der Waals surface area contributed by atoms with Crippen LogP contribution in [0, 0.1) is 5.82 Å². The second-order valence-electron chi connectivity index (χ2n) is 10.8. The number of carbonyl (C=O) groups excluding carboxylic acids is 2. The van der Waals surface area contributed by atoms with Crippen molar-refractivity contribution < 1.29 is 27.1 Å². The van der Waals surface area contributed by atoms with Gasteiger partial charge in [-0.1, -0.05) is 36.2 Å². The first-order chi connectivity index (χ1) is 20.2. The third kappa shape index (κ3) is 8.84. The number of anilines is 1. The molecule has 0 aromatic heterocycles. The number of hydrogen-bond donors (Lipinski definition) is 1. The average Bonchev–Trinajstić information content (AvgIpc) is 2.93. The van der Waals surface area contributed by atoms with Crippen LogP contribution in [0.1, 0.15) is 46.6 Å². The predicted molar refractivity (Wildman–Crippen MR) is 168 cm³/mol. The third-order valence-corrected chi connectivity index (χ3v) is 8.89. The van der Waals surface area contributed by atoms with Crippen LogP contribution in [0.15, 0.2) is 71.6 Å². The number of nitrogens with zero attached hydrogens (tertiary/aromatic N) is 2. The number of rotatable bonds is 12. The molecule has 43 heavy (non-hydrogen) atoms. The van der Waals surface area contributed by atoms with Crippen LogP contribution in [0.5, 0.6) is 5.75 Å². The lowest BCUT2D eigenvalue weighted by atomic mass is 10.1. The van der Waals surface area contributed by atoms with E-state index in [1.807, 2.05) is 20.8 Å². The summed E-state index contributed by atoms with van der Waals surface area (Å²) in [5.41, 5.74) is -0.131. The minimum Gasteiger partial charge on any atom is -0.494 e. The quantitative estimate of drug-likeness (QED) is 0.243. The van der Waals surface area contributed by atoms with Gasteiger partial charge in [-0.3, -0.25) is 13.9 Å². The number of ether oxygens (including phenoxy) is 1. The Morgan fingerprint density at radius 3 is 2.05 bits per heavy atom. The van der Waals surface area contributed by atoms with E-state index in [1.54, 1.807) is 32.0 Å². The number of nitrogens with one attached hydrogen (secondary N) is 1. The van der Waals surface area contributed by atoms with Crippen molar-refractivity contribution in [3.05, 3.63) is 88.2 Å². The Balaban J connectivity index is 2.10. The van der Waals surface area contributed by atoms with Gasteiger partial charge in [0.2, 0.25) is 11.8 Å². The zero-order chi connectivity index (χ0) is 31.9. The lowest BCUT2D eigenvalue weighted by Gasteiger charge is -2.35. The molecule has 0 aliphatic carbocycles. The van der Waals surface area contributed by atoms with Crippen LogP contribution in [0.4, 0.5) is 10.1 Å². The van der Waals surface area contributed by atoms with Crippen LogP contribution in [-0.2, 0) is 26.2 Å². The van der Waals surface area contributed by atoms with Crippen LogP contribution < -0.4 is 14.4 Å². The van der Waals surface area contributed by atoms with Gasteiger partial charge in [-0.15, -0.1) is 0 Å². The van der Waals surface area contributed by atoms with Crippen LogP contribution in [0.2, 0.25) is 10.0 Å². The Labute approximate surface area is 262 Å². The molecule has 1 atom stereocenters. The molecular weight excluding hydrogens is 616 g/mol. The Hall–Kier alpha value is -3.34. The van der Waals surface area contributed by atoms with Crippen LogP contribution >= 0.6 is 23.2 Å². The highest BCUT2D eigenvalue weighted by Gasteiger charge is 2.35. The number of benzene rings is 3. The zero-order valence-corrected chi connectivity index (χ0v) is 27.1. The van der Waals surface area contributed by atoms with E-state index in [-0.39, 0.29) is 33.6 Å². The fourth-order valence-electron chi connectivity index (χ4n) is 4.36. The van der Waals surface area contributed by atoms with E-state index in [9.17, 15) is 22.4 Å². The first-order valence-electron chi connectivity index (χ1n) is 13.7. The van der Waals surface area contributed by atoms with Crippen molar-refractivity contribution in [3.63, 3.8) is 0 Å². The standard InChI is InChI=1S/C31H36Cl2FN3O5S/c1-6-28(30(39)35-31(3,4)5)36(19-25-26(32)9-8-10-27(25)33)29(38)20-37(22-13-11-21(34)12-14-22)43(40,41)24-17-15-23(16-18-24)42-7-2/h8-18,28H,6-7,19-20H2,1-5H3,(H,35,39)/t28-/m0/s1. The molecule has 12 heteroatoms. The normalized spacial score (nSPS) is 12.4. The summed E-state index contributed by atoms with van der Waals surface area (Å²) in [6.07, 6.45) is 0.220. The topological polar surface area (TPSA) is 96.0 Å². The third-order valence-electron chi connectivity index (χ3n) is 6.39. The lowest BCUT2D eigenvalue weighted by molar-refractivity contribution is -0.141. The maximum Gasteiger partial charge on any atom is 0.264 e. The molecule has 0 bridgehead atoms. The predicted octanol–water partition coefficient (Wildman–Crippen LogP) is 6.45. The number of carbonyl (C=O) groups is 2. The fourth-order valence-corrected chi connectivity index (χ4v) is 6.30. The summed E-state index contributed by atoms with van der Waals surface area (Å²) in [7, 11) is -4.34. The molecule has 3 aromatic rings. The summed E-state index contributed by atoms with van der Waals surface area (Å²) in [4.78, 5) is 28.8. The first-order valence-corrected chi connectivity index (χ1v) is 15.9. The van der Waals surface area contributed by atoms with E-state index < -0.39 is 45.8 Å². The Morgan fingerprint density at radius 1 is 0.953 bits per heavy atom. The van der Waals surface area contributed by atoms with Gasteiger partial charge in [0.1, 0.15) is 24.2 Å². The fraction of sp³-hybridized carbons (Fsp3) is 0.355. The highest BCUT2D eigenvalue weighted by atomic mass is 35.5. The number of halogens is 3. The molecule has 3 rings (SSSR count). The van der Waals surface area contributed by atoms with E-state index in [2.05, 4.69) is 5.32 Å². The van der Waals surface area contributed by atoms with Crippen molar-refractivity contribution >= 4 is 50.7 Å². The van der Waals surface area contributed by atoms with Gasteiger partial charge in [0, 0.05) is 27.7 Å². The van der Waals surface area contributed by atoms with Crippen molar-refractivity contribution in [1.82, 2.24) is 10.2 Å². The lowest BCUT2D eigenvalue weighted by Crippen LogP contribution is -2.55. The largest absolute Gasteiger partial charge is 0.494 e. The number of sulfonamides is 1. The van der Waals surface area contributed by atoms with E-state index >= 15 is 0 Å². The summed E-state index contributed by atoms with van der Waals surface area (Å²) >= 11 is 12.9. The molecule has 3 aromatic carbocycles. The SMILES string of the molecule is CCOc1ccc(S(=O)(=O)N(CC(=O)N(Cc2c(Cl)cccc2Cl)[C@@H](CC)C(=O)NC(C)(C)C)c2ccc(F)cc2)cc1. The van der Waals surface area contributed by atoms with E-state index in [1.165, 1.54) is 41.3 Å². The van der Waals surface area contributed by atoms with Gasteiger partial charge in [0.25, 0.3) is 10.0 Å². The van der Waals surface area contributed by atoms with Crippen LogP contribution in [0.3, 0.4) is 0 Å². The van der Waals surface area contributed by atoms with Gasteiger partial charge in [-0.2, -0.15) is 0 Å². The minimum atomic E-state index is -4.34. The molecular formula is C31H36Cl2FN3O5S. The smallest absolute Gasteiger partial charge is 0.264 e. The van der Waals surface area contributed by atoms with Crippen molar-refractivity contribution in [3.8, 4) is 5.75 Å². The maximum absolute atomic E-state index is 14.2. The van der Waals surface area contributed by atoms with Gasteiger partial charge < -0.3 is 15.0 Å². The van der Waals surface area contributed by atoms with Gasteiger partial charge in [0.15, 0.2) is 0 Å². The Kier molecular flexibility index (Phi) is 11.5. The van der Waals surface area contributed by atoms with Gasteiger partial charge in [-0.05, 0) is 94.8 Å². The summed E-state index contributed by atoms with van der Waals surface area (Å²) in [5, 5.41) is 3.47.